The highest BCUT2D eigenvalue weighted by atomic mass is 35.5. The summed E-state index contributed by atoms with van der Waals surface area (Å²) in [6.45, 7) is 3.90. The second kappa shape index (κ2) is 7.11. The number of aromatic nitrogens is 2. The van der Waals surface area contributed by atoms with Crippen LogP contribution in [-0.4, -0.2) is 47.1 Å². The fourth-order valence-corrected chi connectivity index (χ4v) is 2.55. The van der Waals surface area contributed by atoms with Gasteiger partial charge in [-0.05, 0) is 31.2 Å². The van der Waals surface area contributed by atoms with Gasteiger partial charge in [0.05, 0.1) is 18.2 Å². The van der Waals surface area contributed by atoms with Crippen molar-refractivity contribution in [3.05, 3.63) is 46.5 Å². The van der Waals surface area contributed by atoms with Gasteiger partial charge in [0, 0.05) is 24.5 Å². The number of ether oxygens (including phenoxy) is 1. The number of amides is 1. The summed E-state index contributed by atoms with van der Waals surface area (Å²) in [5.41, 5.74) is 1.49. The fourth-order valence-electron chi connectivity index (χ4n) is 2.37. The van der Waals surface area contributed by atoms with Crippen LogP contribution in [0.2, 0.25) is 5.02 Å². The lowest BCUT2D eigenvalue weighted by Crippen LogP contribution is -2.41. The Morgan fingerprint density at radius 1 is 1.29 bits per heavy atom. The molecule has 8 heteroatoms. The van der Waals surface area contributed by atoms with Crippen LogP contribution in [0, 0.1) is 12.7 Å². The van der Waals surface area contributed by atoms with Gasteiger partial charge in [0.25, 0.3) is 5.91 Å². The zero-order chi connectivity index (χ0) is 17.1. The molecule has 0 aliphatic carbocycles. The van der Waals surface area contributed by atoms with Crippen molar-refractivity contribution in [3.8, 4) is 0 Å². The van der Waals surface area contributed by atoms with E-state index in [0.29, 0.717) is 43.4 Å². The summed E-state index contributed by atoms with van der Waals surface area (Å²) in [5, 5.41) is 2.94. The normalized spacial score (nSPS) is 14.5. The molecule has 1 aromatic heterocycles. The van der Waals surface area contributed by atoms with Crippen LogP contribution in [0.4, 0.5) is 16.0 Å². The van der Waals surface area contributed by atoms with Gasteiger partial charge in [-0.15, -0.1) is 0 Å². The first-order valence-corrected chi connectivity index (χ1v) is 7.85. The first-order valence-electron chi connectivity index (χ1n) is 7.48. The summed E-state index contributed by atoms with van der Waals surface area (Å²) in [7, 11) is 0. The van der Waals surface area contributed by atoms with E-state index >= 15 is 0 Å². The van der Waals surface area contributed by atoms with E-state index in [9.17, 15) is 9.18 Å². The van der Waals surface area contributed by atoms with Gasteiger partial charge in [-0.1, -0.05) is 11.6 Å². The molecule has 2 aromatic rings. The third-order valence-electron chi connectivity index (χ3n) is 3.55. The van der Waals surface area contributed by atoms with Crippen LogP contribution < -0.4 is 5.32 Å². The van der Waals surface area contributed by atoms with Crippen molar-refractivity contribution in [1.29, 1.82) is 0 Å². The van der Waals surface area contributed by atoms with Crippen molar-refractivity contribution >= 4 is 29.1 Å². The number of morpholine rings is 1. The Labute approximate surface area is 143 Å². The number of aryl methyl sites for hydroxylation is 1. The zero-order valence-corrected chi connectivity index (χ0v) is 13.8. The summed E-state index contributed by atoms with van der Waals surface area (Å²) < 4.78 is 18.5. The van der Waals surface area contributed by atoms with Gasteiger partial charge in [-0.25, -0.2) is 14.4 Å². The minimum absolute atomic E-state index is 0.00253. The number of carbonyl (C=O) groups is 1. The number of hydrogen-bond donors (Lipinski definition) is 1. The summed E-state index contributed by atoms with van der Waals surface area (Å²) >= 11 is 5.77. The SMILES string of the molecule is Cc1cc(C(=O)N2CCOCC2)nc(Nc2ccc(F)c(Cl)c2)n1. The van der Waals surface area contributed by atoms with Crippen LogP contribution >= 0.6 is 11.6 Å². The molecule has 1 aliphatic rings. The van der Waals surface area contributed by atoms with Crippen LogP contribution in [0.15, 0.2) is 24.3 Å². The molecule has 0 unspecified atom stereocenters. The molecule has 6 nitrogen and oxygen atoms in total. The van der Waals surface area contributed by atoms with Crippen LogP contribution in [0.25, 0.3) is 0 Å². The van der Waals surface area contributed by atoms with Gasteiger partial charge in [0.1, 0.15) is 11.5 Å². The molecule has 0 saturated carbocycles. The quantitative estimate of drug-likeness (QED) is 0.922. The standard InChI is InChI=1S/C16H16ClFN4O2/c1-10-8-14(15(23)22-4-6-24-7-5-22)21-16(19-10)20-11-2-3-13(18)12(17)9-11/h2-3,8-9H,4-7H2,1H3,(H,19,20,21). The van der Waals surface area contributed by atoms with Crippen LogP contribution in [0.3, 0.4) is 0 Å². The Morgan fingerprint density at radius 3 is 2.75 bits per heavy atom. The highest BCUT2D eigenvalue weighted by Crippen LogP contribution is 2.21. The lowest BCUT2D eigenvalue weighted by atomic mass is 10.3. The number of rotatable bonds is 3. The van der Waals surface area contributed by atoms with E-state index in [1.54, 1.807) is 17.9 Å². The van der Waals surface area contributed by atoms with Crippen LogP contribution in [-0.2, 0) is 4.74 Å². The van der Waals surface area contributed by atoms with E-state index in [1.807, 2.05) is 0 Å². The van der Waals surface area contributed by atoms with Gasteiger partial charge in [0.2, 0.25) is 5.95 Å². The van der Waals surface area contributed by atoms with E-state index in [-0.39, 0.29) is 16.9 Å². The second-order valence-electron chi connectivity index (χ2n) is 5.38. The number of anilines is 2. The van der Waals surface area contributed by atoms with Crippen molar-refractivity contribution in [2.45, 2.75) is 6.92 Å². The van der Waals surface area contributed by atoms with E-state index in [2.05, 4.69) is 15.3 Å². The van der Waals surface area contributed by atoms with E-state index in [0.717, 1.165) is 0 Å². The first kappa shape index (κ1) is 16.6. The minimum Gasteiger partial charge on any atom is -0.378 e. The number of benzene rings is 1. The highest BCUT2D eigenvalue weighted by Gasteiger charge is 2.20. The molecule has 24 heavy (non-hydrogen) atoms. The number of carbonyl (C=O) groups excluding carboxylic acids is 1. The van der Waals surface area contributed by atoms with Gasteiger partial charge in [-0.2, -0.15) is 0 Å². The van der Waals surface area contributed by atoms with Crippen molar-refractivity contribution in [3.63, 3.8) is 0 Å². The molecule has 0 bridgehead atoms. The zero-order valence-electron chi connectivity index (χ0n) is 13.1. The number of nitrogens with zero attached hydrogens (tertiary/aromatic N) is 3. The summed E-state index contributed by atoms with van der Waals surface area (Å²) in [6.07, 6.45) is 0. The first-order chi connectivity index (χ1) is 11.5. The third-order valence-corrected chi connectivity index (χ3v) is 3.84. The van der Waals surface area contributed by atoms with Gasteiger partial charge in [0.15, 0.2) is 0 Å². The topological polar surface area (TPSA) is 67.4 Å². The monoisotopic (exact) mass is 350 g/mol. The van der Waals surface area contributed by atoms with E-state index < -0.39 is 5.82 Å². The smallest absolute Gasteiger partial charge is 0.272 e. The van der Waals surface area contributed by atoms with Gasteiger partial charge in [-0.3, -0.25) is 4.79 Å². The van der Waals surface area contributed by atoms with E-state index in [4.69, 9.17) is 16.3 Å². The summed E-state index contributed by atoms with van der Waals surface area (Å²) in [6, 6.07) is 5.85. The maximum absolute atomic E-state index is 13.2. The van der Waals surface area contributed by atoms with Gasteiger partial charge >= 0.3 is 0 Å². The largest absolute Gasteiger partial charge is 0.378 e. The van der Waals surface area contributed by atoms with E-state index in [1.165, 1.54) is 18.2 Å². The lowest BCUT2D eigenvalue weighted by Gasteiger charge is -2.26. The van der Waals surface area contributed by atoms with Crippen molar-refractivity contribution in [1.82, 2.24) is 14.9 Å². The lowest BCUT2D eigenvalue weighted by molar-refractivity contribution is 0.0299. The Kier molecular flexibility index (Phi) is 4.92. The second-order valence-corrected chi connectivity index (χ2v) is 5.78. The molecule has 1 aliphatic heterocycles. The number of halogens is 2. The van der Waals surface area contributed by atoms with Crippen molar-refractivity contribution in [2.24, 2.45) is 0 Å². The Bertz CT molecular complexity index is 766. The summed E-state index contributed by atoms with van der Waals surface area (Å²) in [5.74, 6) is -0.408. The molecule has 0 spiro atoms. The molecule has 1 fully saturated rings. The molecule has 2 heterocycles. The average Bonchev–Trinajstić information content (AvgIpc) is 2.58. The molecular formula is C16H16ClFN4O2. The fraction of sp³-hybridized carbons (Fsp3) is 0.312. The Balaban J connectivity index is 1.82. The molecule has 1 N–H and O–H groups in total. The molecule has 1 aromatic carbocycles. The number of nitrogens with one attached hydrogen (secondary N) is 1. The molecule has 126 valence electrons. The molecular weight excluding hydrogens is 335 g/mol. The van der Waals surface area contributed by atoms with Crippen molar-refractivity contribution in [2.75, 3.05) is 31.6 Å². The molecule has 1 amide bonds. The maximum Gasteiger partial charge on any atom is 0.272 e. The van der Waals surface area contributed by atoms with Crippen molar-refractivity contribution < 1.29 is 13.9 Å². The molecule has 3 rings (SSSR count). The minimum atomic E-state index is -0.504. The maximum atomic E-state index is 13.2. The summed E-state index contributed by atoms with van der Waals surface area (Å²) in [4.78, 5) is 22.8. The van der Waals surface area contributed by atoms with Crippen LogP contribution in [0.1, 0.15) is 16.2 Å². The average molecular weight is 351 g/mol. The molecule has 0 atom stereocenters. The molecule has 0 radical (unpaired) electrons. The predicted molar refractivity (Wildman–Crippen MR) is 88.2 cm³/mol. The Morgan fingerprint density at radius 2 is 2.04 bits per heavy atom. The Hall–Kier alpha value is -2.25. The third kappa shape index (κ3) is 3.80. The highest BCUT2D eigenvalue weighted by molar-refractivity contribution is 6.31. The van der Waals surface area contributed by atoms with Crippen LogP contribution in [0.5, 0.6) is 0 Å². The predicted octanol–water partition coefficient (Wildman–Crippen LogP) is 2.79. The van der Waals surface area contributed by atoms with Gasteiger partial charge < -0.3 is 15.0 Å². The number of hydrogen-bond acceptors (Lipinski definition) is 5. The molecule has 1 saturated heterocycles.